The molecule has 2 aromatic carbocycles. The molecule has 0 radical (unpaired) electrons. The number of hydrogen-bond donors (Lipinski definition) is 2. The number of nitrogens with one attached hydrogen (secondary N) is 1. The molecular formula is C16H12INO3. The van der Waals surface area contributed by atoms with Crippen molar-refractivity contribution >= 4 is 40.0 Å². The van der Waals surface area contributed by atoms with Gasteiger partial charge in [0.25, 0.3) is 0 Å². The third-order valence-electron chi connectivity index (χ3n) is 2.76. The summed E-state index contributed by atoms with van der Waals surface area (Å²) in [5.74, 6) is -1.16. The van der Waals surface area contributed by atoms with Crippen LogP contribution in [0.4, 0.5) is 5.69 Å². The number of carbonyl (C=O) groups is 2. The molecule has 2 aromatic rings. The Morgan fingerprint density at radius 1 is 1.05 bits per heavy atom. The quantitative estimate of drug-likeness (QED) is 0.461. The number of para-hydroxylation sites is 1. The number of halogens is 1. The number of ketones is 1. The first-order valence-electron chi connectivity index (χ1n) is 6.13. The summed E-state index contributed by atoms with van der Waals surface area (Å²) >= 11 is 2.17. The van der Waals surface area contributed by atoms with Crippen LogP contribution in [0.25, 0.3) is 0 Å². The van der Waals surface area contributed by atoms with Crippen LogP contribution in [0.2, 0.25) is 0 Å². The Labute approximate surface area is 135 Å². The lowest BCUT2D eigenvalue weighted by Gasteiger charge is -2.04. The van der Waals surface area contributed by atoms with E-state index in [1.54, 1.807) is 30.3 Å². The first-order valence-corrected chi connectivity index (χ1v) is 7.21. The smallest absolute Gasteiger partial charge is 0.337 e. The van der Waals surface area contributed by atoms with Gasteiger partial charge < -0.3 is 10.4 Å². The van der Waals surface area contributed by atoms with Gasteiger partial charge in [-0.05, 0) is 46.9 Å². The van der Waals surface area contributed by atoms with E-state index in [0.717, 1.165) is 3.57 Å². The summed E-state index contributed by atoms with van der Waals surface area (Å²) in [6, 6.07) is 13.7. The highest BCUT2D eigenvalue weighted by atomic mass is 127. The van der Waals surface area contributed by atoms with E-state index in [0.29, 0.717) is 11.3 Å². The molecule has 0 aliphatic carbocycles. The van der Waals surface area contributed by atoms with Gasteiger partial charge in [-0.2, -0.15) is 0 Å². The Morgan fingerprint density at radius 3 is 2.38 bits per heavy atom. The zero-order chi connectivity index (χ0) is 15.2. The maximum absolute atomic E-state index is 11.9. The van der Waals surface area contributed by atoms with Gasteiger partial charge in [-0.1, -0.05) is 24.3 Å². The number of carboxylic acid groups (broad SMARTS) is 1. The average Bonchev–Trinajstić information content (AvgIpc) is 2.48. The van der Waals surface area contributed by atoms with E-state index in [-0.39, 0.29) is 11.3 Å². The molecule has 106 valence electrons. The van der Waals surface area contributed by atoms with E-state index in [1.165, 1.54) is 18.3 Å². The highest BCUT2D eigenvalue weighted by Gasteiger charge is 2.07. The summed E-state index contributed by atoms with van der Waals surface area (Å²) in [6.07, 6.45) is 2.82. The summed E-state index contributed by atoms with van der Waals surface area (Å²) in [4.78, 5) is 23.0. The van der Waals surface area contributed by atoms with Crippen LogP contribution in [0.1, 0.15) is 20.7 Å². The van der Waals surface area contributed by atoms with E-state index >= 15 is 0 Å². The van der Waals surface area contributed by atoms with Crippen LogP contribution < -0.4 is 5.32 Å². The lowest BCUT2D eigenvalue weighted by Crippen LogP contribution is -2.02. The van der Waals surface area contributed by atoms with Crippen LogP contribution in [0.15, 0.2) is 60.8 Å². The Hall–Kier alpha value is -2.15. The van der Waals surface area contributed by atoms with E-state index in [1.807, 2.05) is 12.1 Å². The molecule has 4 nitrogen and oxygen atoms in total. The Balaban J connectivity index is 2.07. The fourth-order valence-electron chi connectivity index (χ4n) is 1.71. The van der Waals surface area contributed by atoms with Gasteiger partial charge in [0.05, 0.1) is 11.3 Å². The number of aromatic carboxylic acids is 1. The van der Waals surface area contributed by atoms with Crippen molar-refractivity contribution in [3.05, 3.63) is 75.5 Å². The van der Waals surface area contributed by atoms with E-state index in [4.69, 9.17) is 5.11 Å². The normalized spacial score (nSPS) is 10.5. The maximum Gasteiger partial charge on any atom is 0.337 e. The first-order chi connectivity index (χ1) is 10.1. The van der Waals surface area contributed by atoms with Crippen molar-refractivity contribution in [3.8, 4) is 0 Å². The van der Waals surface area contributed by atoms with Gasteiger partial charge in [-0.25, -0.2) is 4.79 Å². The first kappa shape index (κ1) is 15.2. The van der Waals surface area contributed by atoms with Crippen molar-refractivity contribution in [1.29, 1.82) is 0 Å². The molecule has 0 aromatic heterocycles. The number of allylic oxidation sites excluding steroid dienone is 1. The van der Waals surface area contributed by atoms with Gasteiger partial charge in [0.2, 0.25) is 0 Å². The Bertz CT molecular complexity index is 693. The lowest BCUT2D eigenvalue weighted by molar-refractivity contribution is 0.0698. The zero-order valence-corrected chi connectivity index (χ0v) is 13.1. The molecular weight excluding hydrogens is 381 g/mol. The van der Waals surface area contributed by atoms with Crippen molar-refractivity contribution in [2.45, 2.75) is 0 Å². The van der Waals surface area contributed by atoms with E-state index in [9.17, 15) is 9.59 Å². The molecule has 21 heavy (non-hydrogen) atoms. The minimum absolute atomic E-state index is 0.147. The molecule has 5 heteroatoms. The number of rotatable bonds is 5. The van der Waals surface area contributed by atoms with Crippen molar-refractivity contribution in [2.24, 2.45) is 0 Å². The molecule has 2 rings (SSSR count). The van der Waals surface area contributed by atoms with Crippen LogP contribution in [-0.4, -0.2) is 16.9 Å². The lowest BCUT2D eigenvalue weighted by atomic mass is 10.1. The monoisotopic (exact) mass is 393 g/mol. The molecule has 0 saturated carbocycles. The van der Waals surface area contributed by atoms with Gasteiger partial charge >= 0.3 is 5.97 Å². The molecule has 2 N–H and O–H groups in total. The van der Waals surface area contributed by atoms with Crippen molar-refractivity contribution in [2.75, 3.05) is 5.32 Å². The molecule has 0 spiro atoms. The molecule has 0 atom stereocenters. The summed E-state index contributed by atoms with van der Waals surface area (Å²) < 4.78 is 1.06. The second kappa shape index (κ2) is 7.03. The fraction of sp³-hybridized carbons (Fsp3) is 0. The minimum Gasteiger partial charge on any atom is -0.478 e. The van der Waals surface area contributed by atoms with Crippen LogP contribution in [0.3, 0.4) is 0 Å². The number of carbonyl (C=O) groups excluding carboxylic acids is 1. The summed E-state index contributed by atoms with van der Waals surface area (Å²) in [7, 11) is 0. The Morgan fingerprint density at radius 2 is 1.71 bits per heavy atom. The molecule has 0 amide bonds. The SMILES string of the molecule is O=C(/C=C/Nc1ccccc1C(=O)O)c1ccc(I)cc1. The van der Waals surface area contributed by atoms with Crippen LogP contribution in [0.5, 0.6) is 0 Å². The predicted molar refractivity (Wildman–Crippen MR) is 89.7 cm³/mol. The van der Waals surface area contributed by atoms with Gasteiger partial charge in [-0.15, -0.1) is 0 Å². The molecule has 0 heterocycles. The van der Waals surface area contributed by atoms with Crippen molar-refractivity contribution in [1.82, 2.24) is 0 Å². The van der Waals surface area contributed by atoms with Gasteiger partial charge in [0.1, 0.15) is 0 Å². The largest absolute Gasteiger partial charge is 0.478 e. The summed E-state index contributed by atoms with van der Waals surface area (Å²) in [5, 5.41) is 11.9. The topological polar surface area (TPSA) is 66.4 Å². The average molecular weight is 393 g/mol. The number of anilines is 1. The second-order valence-electron chi connectivity index (χ2n) is 4.20. The Kier molecular flexibility index (Phi) is 5.10. The molecule has 0 bridgehead atoms. The number of benzene rings is 2. The predicted octanol–water partition coefficient (Wildman–Crippen LogP) is 3.80. The minimum atomic E-state index is -1.02. The highest BCUT2D eigenvalue weighted by Crippen LogP contribution is 2.15. The van der Waals surface area contributed by atoms with Crippen LogP contribution in [-0.2, 0) is 0 Å². The van der Waals surface area contributed by atoms with Crippen molar-refractivity contribution < 1.29 is 14.7 Å². The van der Waals surface area contributed by atoms with Crippen molar-refractivity contribution in [3.63, 3.8) is 0 Å². The van der Waals surface area contributed by atoms with Crippen LogP contribution in [0, 0.1) is 3.57 Å². The third kappa shape index (κ3) is 4.16. The number of hydrogen-bond acceptors (Lipinski definition) is 3. The summed E-state index contributed by atoms with van der Waals surface area (Å²) in [6.45, 7) is 0. The van der Waals surface area contributed by atoms with Gasteiger partial charge in [0.15, 0.2) is 5.78 Å². The maximum atomic E-state index is 11.9. The standard InChI is InChI=1S/C16H12INO3/c17-12-7-5-11(6-8-12)15(19)9-10-18-14-4-2-1-3-13(14)16(20)21/h1-10,18H,(H,20,21)/b10-9+. The molecule has 0 aliphatic rings. The van der Waals surface area contributed by atoms with Gasteiger partial charge in [-0.3, -0.25) is 4.79 Å². The zero-order valence-electron chi connectivity index (χ0n) is 10.9. The molecule has 0 saturated heterocycles. The summed E-state index contributed by atoms with van der Waals surface area (Å²) in [5.41, 5.74) is 1.18. The third-order valence-corrected chi connectivity index (χ3v) is 3.48. The second-order valence-corrected chi connectivity index (χ2v) is 5.45. The van der Waals surface area contributed by atoms with Crippen LogP contribution >= 0.6 is 22.6 Å². The van der Waals surface area contributed by atoms with Gasteiger partial charge in [0, 0.05) is 21.4 Å². The number of carboxylic acids is 1. The van der Waals surface area contributed by atoms with E-state index in [2.05, 4.69) is 27.9 Å². The molecule has 0 unspecified atom stereocenters. The van der Waals surface area contributed by atoms with E-state index < -0.39 is 5.97 Å². The molecule has 0 fully saturated rings. The fourth-order valence-corrected chi connectivity index (χ4v) is 2.07. The highest BCUT2D eigenvalue weighted by molar-refractivity contribution is 14.1. The molecule has 0 aliphatic heterocycles.